The molecule has 0 aliphatic heterocycles. The van der Waals surface area contributed by atoms with Gasteiger partial charge < -0.3 is 0 Å². The van der Waals surface area contributed by atoms with Crippen LogP contribution < -0.4 is 0 Å². The molecular weight excluding hydrogens is 431 g/mol. The van der Waals surface area contributed by atoms with E-state index in [0.717, 1.165) is 37.4 Å². The van der Waals surface area contributed by atoms with Crippen LogP contribution in [0.15, 0.2) is 12.2 Å². The van der Waals surface area contributed by atoms with Crippen LogP contribution in [0.25, 0.3) is 0 Å². The molecule has 0 spiro atoms. The van der Waals surface area contributed by atoms with Gasteiger partial charge in [0.1, 0.15) is 0 Å². The Bertz CT molecular complexity index is 402. The lowest BCUT2D eigenvalue weighted by atomic mass is 10.0. The van der Waals surface area contributed by atoms with Crippen LogP contribution in [0.3, 0.4) is 0 Å². The van der Waals surface area contributed by atoms with Crippen molar-refractivity contribution in [1.82, 2.24) is 0 Å². The summed E-state index contributed by atoms with van der Waals surface area (Å²) in [5.41, 5.74) is 0. The summed E-state index contributed by atoms with van der Waals surface area (Å²) in [6.45, 7) is 0. The van der Waals surface area contributed by atoms with Crippen molar-refractivity contribution < 1.29 is 39.5 Å². The first-order valence-corrected chi connectivity index (χ1v) is 8.87. The molecule has 0 heterocycles. The van der Waals surface area contributed by atoms with Crippen LogP contribution in [0.2, 0.25) is 0 Å². The van der Waals surface area contributed by atoms with Crippen molar-refractivity contribution in [2.45, 2.75) is 75.3 Å². The normalized spacial score (nSPS) is 14.5. The zero-order valence-corrected chi connectivity index (χ0v) is 14.9. The molecule has 0 fully saturated rings. The zero-order valence-electron chi connectivity index (χ0n) is 13.3. The maximum absolute atomic E-state index is 13.2. The lowest BCUT2D eigenvalue weighted by Gasteiger charge is -2.32. The van der Waals surface area contributed by atoms with Crippen molar-refractivity contribution in [2.24, 2.45) is 0 Å². The second-order valence-electron chi connectivity index (χ2n) is 5.62. The Morgan fingerprint density at radius 2 is 1.04 bits per heavy atom. The van der Waals surface area contributed by atoms with E-state index in [1.807, 2.05) is 0 Å². The lowest BCUT2D eigenvalue weighted by Crippen LogP contribution is -2.60. The monoisotopic (exact) mass is 450 g/mol. The van der Waals surface area contributed by atoms with E-state index in [-0.39, 0.29) is 6.42 Å². The summed E-state index contributed by atoms with van der Waals surface area (Å²) >= 11 is 3.28. The summed E-state index contributed by atoms with van der Waals surface area (Å²) < 4.78 is 113. The van der Waals surface area contributed by atoms with Crippen molar-refractivity contribution in [3.8, 4) is 0 Å². The minimum absolute atomic E-state index is 0.106. The van der Waals surface area contributed by atoms with E-state index < -0.39 is 30.0 Å². The van der Waals surface area contributed by atoms with Gasteiger partial charge in [0.25, 0.3) is 0 Å². The molecule has 0 aromatic rings. The highest BCUT2D eigenvalue weighted by atomic mass is 79.9. The Kier molecular flexibility index (Phi) is 9.90. The number of hydrogen-bond donors (Lipinski definition) is 0. The molecular formula is C15H20BrF9. The number of halogens is 10. The zero-order chi connectivity index (χ0) is 19.8. The molecule has 0 aromatic heterocycles. The molecule has 10 heteroatoms. The van der Waals surface area contributed by atoms with E-state index in [4.69, 9.17) is 0 Å². The van der Waals surface area contributed by atoms with Gasteiger partial charge in [-0.2, -0.15) is 39.5 Å². The van der Waals surface area contributed by atoms with Gasteiger partial charge in [-0.05, 0) is 25.3 Å². The predicted octanol–water partition coefficient (Wildman–Crippen LogP) is 7.53. The van der Waals surface area contributed by atoms with Crippen LogP contribution in [-0.4, -0.2) is 29.3 Å². The van der Waals surface area contributed by atoms with Crippen LogP contribution in [-0.2, 0) is 0 Å². The summed E-state index contributed by atoms with van der Waals surface area (Å²) in [6, 6.07) is 0. The molecule has 0 bridgehead atoms. The van der Waals surface area contributed by atoms with Gasteiger partial charge in [0.2, 0.25) is 0 Å². The fourth-order valence-corrected chi connectivity index (χ4v) is 2.36. The molecule has 0 rings (SSSR count). The smallest absolute Gasteiger partial charge is 0.195 e. The quantitative estimate of drug-likeness (QED) is 0.125. The fourth-order valence-electron chi connectivity index (χ4n) is 1.96. The number of rotatable bonds is 12. The molecule has 0 saturated carbocycles. The SMILES string of the molecule is FC(F)(F)C(F)(F)C(F)(F)C(F)(F)/C=C/CCCCCCCCCBr. The van der Waals surface area contributed by atoms with Crippen LogP contribution in [0.1, 0.15) is 51.4 Å². The molecule has 0 nitrogen and oxygen atoms in total. The van der Waals surface area contributed by atoms with Crippen molar-refractivity contribution in [3.63, 3.8) is 0 Å². The highest BCUT2D eigenvalue weighted by Gasteiger charge is 2.81. The van der Waals surface area contributed by atoms with Crippen LogP contribution >= 0.6 is 15.9 Å². The van der Waals surface area contributed by atoms with Crippen molar-refractivity contribution in [1.29, 1.82) is 0 Å². The van der Waals surface area contributed by atoms with Gasteiger partial charge in [-0.3, -0.25) is 0 Å². The number of unbranched alkanes of at least 4 members (excludes halogenated alkanes) is 7. The molecule has 0 radical (unpaired) electrons. The fraction of sp³-hybridized carbons (Fsp3) is 0.867. The van der Waals surface area contributed by atoms with E-state index in [1.165, 1.54) is 0 Å². The maximum Gasteiger partial charge on any atom is 0.460 e. The Labute approximate surface area is 149 Å². The third kappa shape index (κ3) is 7.02. The van der Waals surface area contributed by atoms with Gasteiger partial charge >= 0.3 is 23.9 Å². The summed E-state index contributed by atoms with van der Waals surface area (Å²) in [5.74, 6) is -19.0. The summed E-state index contributed by atoms with van der Waals surface area (Å²) in [7, 11) is 0. The summed E-state index contributed by atoms with van der Waals surface area (Å²) in [4.78, 5) is 0. The van der Waals surface area contributed by atoms with Gasteiger partial charge in [0.05, 0.1) is 0 Å². The van der Waals surface area contributed by atoms with Gasteiger partial charge in [0, 0.05) is 5.33 Å². The van der Waals surface area contributed by atoms with Crippen LogP contribution in [0, 0.1) is 0 Å². The van der Waals surface area contributed by atoms with Gasteiger partial charge in [0.15, 0.2) is 0 Å². The number of alkyl halides is 10. The Balaban J connectivity index is 4.40. The molecule has 0 aliphatic carbocycles. The second kappa shape index (κ2) is 10.1. The highest BCUT2D eigenvalue weighted by molar-refractivity contribution is 9.09. The third-order valence-electron chi connectivity index (χ3n) is 3.50. The molecule has 0 N–H and O–H groups in total. The van der Waals surface area contributed by atoms with E-state index in [2.05, 4.69) is 15.9 Å². The average molecular weight is 451 g/mol. The molecule has 25 heavy (non-hydrogen) atoms. The van der Waals surface area contributed by atoms with Crippen molar-refractivity contribution in [3.05, 3.63) is 12.2 Å². The first kappa shape index (κ1) is 24.6. The van der Waals surface area contributed by atoms with E-state index in [0.29, 0.717) is 18.9 Å². The standard InChI is InChI=1S/C15H20BrF9/c16-11-9-7-5-3-1-2-4-6-8-10-12(17,18)13(19,20)14(21,22)15(23,24)25/h8,10H,1-7,9,11H2/b10-8+. The lowest BCUT2D eigenvalue weighted by molar-refractivity contribution is -0.388. The minimum Gasteiger partial charge on any atom is -0.195 e. The van der Waals surface area contributed by atoms with E-state index in [9.17, 15) is 39.5 Å². The van der Waals surface area contributed by atoms with Gasteiger partial charge in [-0.25, -0.2) is 0 Å². The first-order chi connectivity index (χ1) is 11.3. The Morgan fingerprint density at radius 1 is 0.600 bits per heavy atom. The largest absolute Gasteiger partial charge is 0.460 e. The Hall–Kier alpha value is -0.410. The van der Waals surface area contributed by atoms with Crippen molar-refractivity contribution in [2.75, 3.05) is 5.33 Å². The van der Waals surface area contributed by atoms with Crippen LogP contribution in [0.5, 0.6) is 0 Å². The molecule has 0 unspecified atom stereocenters. The van der Waals surface area contributed by atoms with E-state index >= 15 is 0 Å². The summed E-state index contributed by atoms with van der Waals surface area (Å²) in [6.07, 6.45) is -1.16. The van der Waals surface area contributed by atoms with Crippen LogP contribution in [0.4, 0.5) is 39.5 Å². The average Bonchev–Trinajstić information content (AvgIpc) is 2.47. The van der Waals surface area contributed by atoms with Crippen molar-refractivity contribution >= 4 is 15.9 Å². The summed E-state index contributed by atoms with van der Waals surface area (Å²) in [5, 5.41) is 0.907. The molecule has 0 amide bonds. The molecule has 0 saturated heterocycles. The maximum atomic E-state index is 13.2. The Morgan fingerprint density at radius 3 is 1.48 bits per heavy atom. The van der Waals surface area contributed by atoms with E-state index in [1.54, 1.807) is 0 Å². The van der Waals surface area contributed by atoms with Gasteiger partial charge in [-0.1, -0.05) is 54.1 Å². The second-order valence-corrected chi connectivity index (χ2v) is 6.42. The third-order valence-corrected chi connectivity index (χ3v) is 4.06. The topological polar surface area (TPSA) is 0 Å². The predicted molar refractivity (Wildman–Crippen MR) is 80.8 cm³/mol. The molecule has 0 aliphatic rings. The minimum atomic E-state index is -6.83. The molecule has 0 aromatic carbocycles. The number of hydrogen-bond acceptors (Lipinski definition) is 0. The van der Waals surface area contributed by atoms with Gasteiger partial charge in [-0.15, -0.1) is 0 Å². The first-order valence-electron chi connectivity index (χ1n) is 7.75. The molecule has 0 atom stereocenters. The molecule has 150 valence electrons. The number of allylic oxidation sites excluding steroid dienone is 2. The highest BCUT2D eigenvalue weighted by Crippen LogP contribution is 2.53.